The predicted octanol–water partition coefficient (Wildman–Crippen LogP) is 3.57. The van der Waals surface area contributed by atoms with Crippen LogP contribution in [0.4, 0.5) is 10.3 Å². The van der Waals surface area contributed by atoms with Gasteiger partial charge in [0.1, 0.15) is 5.69 Å². The molecule has 26 heavy (non-hydrogen) atoms. The highest BCUT2D eigenvalue weighted by Gasteiger charge is 2.10. The minimum absolute atomic E-state index is 0.181. The molecule has 0 saturated carbocycles. The number of hydrogen-bond acceptors (Lipinski definition) is 4. The van der Waals surface area contributed by atoms with Gasteiger partial charge in [-0.15, -0.1) is 0 Å². The minimum Gasteiger partial charge on any atom is -0.368 e. The second-order valence-corrected chi connectivity index (χ2v) is 5.94. The molecule has 5 nitrogen and oxygen atoms in total. The lowest BCUT2D eigenvalue weighted by Gasteiger charge is -2.05. The maximum absolute atomic E-state index is 14.4. The molecule has 0 bridgehead atoms. The summed E-state index contributed by atoms with van der Waals surface area (Å²) in [6, 6.07) is 8.62. The van der Waals surface area contributed by atoms with Crippen LogP contribution >= 0.6 is 11.6 Å². The number of nitrogens with zero attached hydrogens (tertiary/aromatic N) is 4. The van der Waals surface area contributed by atoms with Crippen LogP contribution in [0.25, 0.3) is 16.8 Å². The average Bonchev–Trinajstić information content (AvgIpc) is 3.05. The fraction of sp³-hybridized carbons (Fsp3) is 0. The fourth-order valence-electron chi connectivity index (χ4n) is 2.48. The molecule has 0 spiro atoms. The van der Waals surface area contributed by atoms with Gasteiger partial charge in [-0.1, -0.05) is 29.7 Å². The Morgan fingerprint density at radius 2 is 1.69 bits per heavy atom. The molecule has 0 aliphatic heterocycles. The third-order valence-corrected chi connectivity index (χ3v) is 4.00. The molecule has 126 valence electrons. The number of nitrogen functional groups attached to an aromatic ring is 1. The highest BCUT2D eigenvalue weighted by atomic mass is 35.5. The van der Waals surface area contributed by atoms with Crippen molar-refractivity contribution in [2.75, 3.05) is 5.73 Å². The summed E-state index contributed by atoms with van der Waals surface area (Å²) in [6.07, 6.45) is 6.37. The van der Waals surface area contributed by atoms with Gasteiger partial charge in [0, 0.05) is 29.2 Å². The summed E-state index contributed by atoms with van der Waals surface area (Å²) in [5.74, 6) is 5.63. The van der Waals surface area contributed by atoms with Gasteiger partial charge in [0.05, 0.1) is 11.8 Å². The first-order chi connectivity index (χ1) is 12.6. The lowest BCUT2D eigenvalue weighted by Crippen LogP contribution is -1.95. The molecular formula is C19H11ClFN5. The van der Waals surface area contributed by atoms with Crippen molar-refractivity contribution in [3.8, 4) is 23.0 Å². The van der Waals surface area contributed by atoms with Crippen molar-refractivity contribution in [2.24, 2.45) is 0 Å². The van der Waals surface area contributed by atoms with Crippen molar-refractivity contribution in [1.29, 1.82) is 0 Å². The quantitative estimate of drug-likeness (QED) is 0.525. The van der Waals surface area contributed by atoms with Crippen molar-refractivity contribution in [2.45, 2.75) is 0 Å². The number of pyridine rings is 1. The molecule has 0 fully saturated rings. The third-order valence-electron chi connectivity index (χ3n) is 3.75. The van der Waals surface area contributed by atoms with Crippen LogP contribution in [0, 0.1) is 17.7 Å². The zero-order valence-electron chi connectivity index (χ0n) is 13.3. The van der Waals surface area contributed by atoms with Crippen LogP contribution in [0.15, 0.2) is 55.1 Å². The fourth-order valence-corrected chi connectivity index (χ4v) is 2.60. The maximum atomic E-state index is 14.4. The van der Waals surface area contributed by atoms with Crippen molar-refractivity contribution < 1.29 is 4.39 Å². The van der Waals surface area contributed by atoms with E-state index >= 15 is 0 Å². The van der Waals surface area contributed by atoms with Gasteiger partial charge in [-0.2, -0.15) is 0 Å². The number of fused-ring (bicyclic) bond motifs is 1. The third kappa shape index (κ3) is 3.08. The molecular weight excluding hydrogens is 353 g/mol. The Balaban J connectivity index is 1.79. The van der Waals surface area contributed by atoms with Crippen LogP contribution in [0.1, 0.15) is 11.3 Å². The van der Waals surface area contributed by atoms with Crippen LogP contribution in [0.3, 0.4) is 0 Å². The molecule has 0 radical (unpaired) electrons. The largest absolute Gasteiger partial charge is 0.368 e. The Labute approximate surface area is 153 Å². The summed E-state index contributed by atoms with van der Waals surface area (Å²) in [6.45, 7) is 0. The van der Waals surface area contributed by atoms with Crippen LogP contribution in [-0.4, -0.2) is 19.4 Å². The summed E-state index contributed by atoms with van der Waals surface area (Å²) in [5, 5.41) is 0.621. The van der Waals surface area contributed by atoms with Gasteiger partial charge in [0.2, 0.25) is 5.95 Å². The Hall–Kier alpha value is -3.43. The molecule has 1 aromatic carbocycles. The number of imidazole rings is 1. The molecule has 0 aliphatic rings. The molecule has 0 amide bonds. The van der Waals surface area contributed by atoms with Gasteiger partial charge in [-0.25, -0.2) is 19.3 Å². The molecule has 7 heteroatoms. The number of rotatable bonds is 1. The van der Waals surface area contributed by atoms with Crippen molar-refractivity contribution in [3.05, 3.63) is 77.2 Å². The molecule has 3 aromatic heterocycles. The van der Waals surface area contributed by atoms with Gasteiger partial charge < -0.3 is 5.73 Å². The highest BCUT2D eigenvalue weighted by molar-refractivity contribution is 6.30. The smallest absolute Gasteiger partial charge is 0.219 e. The lowest BCUT2D eigenvalue weighted by molar-refractivity contribution is 0.630. The molecule has 3 heterocycles. The maximum Gasteiger partial charge on any atom is 0.219 e. The van der Waals surface area contributed by atoms with E-state index in [9.17, 15) is 4.39 Å². The van der Waals surface area contributed by atoms with Gasteiger partial charge in [-0.3, -0.25) is 4.40 Å². The number of anilines is 1. The normalized spacial score (nSPS) is 10.5. The Kier molecular flexibility index (Phi) is 3.99. The van der Waals surface area contributed by atoms with Gasteiger partial charge in [-0.05, 0) is 29.7 Å². The summed E-state index contributed by atoms with van der Waals surface area (Å²) in [5.41, 5.74) is 8.35. The van der Waals surface area contributed by atoms with E-state index in [1.54, 1.807) is 22.7 Å². The molecule has 0 aliphatic carbocycles. The summed E-state index contributed by atoms with van der Waals surface area (Å²) < 4.78 is 16.1. The van der Waals surface area contributed by atoms with E-state index in [1.807, 2.05) is 12.1 Å². The second kappa shape index (κ2) is 6.47. The SMILES string of the molecule is Nc1ncc(C#Cc2cnc3c(F)cc(-c4ccc(Cl)cc4)cn23)cn1. The molecule has 4 aromatic rings. The van der Waals surface area contributed by atoms with Gasteiger partial charge in [0.15, 0.2) is 11.5 Å². The van der Waals surface area contributed by atoms with E-state index in [0.29, 0.717) is 21.8 Å². The van der Waals surface area contributed by atoms with Gasteiger partial charge in [0.25, 0.3) is 0 Å². The standard InChI is InChI=1S/C19H11ClFN5/c20-15-4-2-13(3-5-15)14-7-17(21)18-23-10-16(26(18)11-14)6-1-12-8-24-19(22)25-9-12/h2-5,7-11H,(H2,22,24,25). The highest BCUT2D eigenvalue weighted by Crippen LogP contribution is 2.24. The van der Waals surface area contributed by atoms with E-state index in [-0.39, 0.29) is 11.6 Å². The number of benzene rings is 1. The van der Waals surface area contributed by atoms with E-state index in [2.05, 4.69) is 26.8 Å². The van der Waals surface area contributed by atoms with Crippen molar-refractivity contribution >= 4 is 23.2 Å². The molecule has 2 N–H and O–H groups in total. The molecule has 0 atom stereocenters. The molecule has 4 rings (SSSR count). The summed E-state index contributed by atoms with van der Waals surface area (Å²) in [4.78, 5) is 11.9. The van der Waals surface area contributed by atoms with Crippen LogP contribution in [0.5, 0.6) is 0 Å². The second-order valence-electron chi connectivity index (χ2n) is 5.50. The average molecular weight is 364 g/mol. The Morgan fingerprint density at radius 3 is 2.42 bits per heavy atom. The first-order valence-corrected chi connectivity index (χ1v) is 8.00. The van der Waals surface area contributed by atoms with Crippen molar-refractivity contribution in [3.63, 3.8) is 0 Å². The van der Waals surface area contributed by atoms with Crippen molar-refractivity contribution in [1.82, 2.24) is 19.4 Å². The lowest BCUT2D eigenvalue weighted by atomic mass is 10.1. The van der Waals surface area contributed by atoms with E-state index < -0.39 is 5.82 Å². The van der Waals surface area contributed by atoms with Crippen LogP contribution in [-0.2, 0) is 0 Å². The number of aromatic nitrogens is 4. The van der Waals surface area contributed by atoms with Gasteiger partial charge >= 0.3 is 0 Å². The molecule has 0 unspecified atom stereocenters. The Bertz CT molecular complexity index is 1150. The first-order valence-electron chi connectivity index (χ1n) is 7.62. The monoisotopic (exact) mass is 363 g/mol. The van der Waals surface area contributed by atoms with E-state index in [1.165, 1.54) is 24.7 Å². The van der Waals surface area contributed by atoms with E-state index in [0.717, 1.165) is 5.56 Å². The zero-order valence-corrected chi connectivity index (χ0v) is 14.1. The van der Waals surface area contributed by atoms with Crippen LogP contribution < -0.4 is 5.73 Å². The first kappa shape index (κ1) is 16.1. The van der Waals surface area contributed by atoms with Crippen LogP contribution in [0.2, 0.25) is 5.02 Å². The summed E-state index contributed by atoms with van der Waals surface area (Å²) in [7, 11) is 0. The zero-order chi connectivity index (χ0) is 18.1. The minimum atomic E-state index is -0.429. The Morgan fingerprint density at radius 1 is 0.962 bits per heavy atom. The predicted molar refractivity (Wildman–Crippen MR) is 98.0 cm³/mol. The number of hydrogen-bond donors (Lipinski definition) is 1. The van der Waals surface area contributed by atoms with E-state index in [4.69, 9.17) is 17.3 Å². The number of halogens is 2. The summed E-state index contributed by atoms with van der Waals surface area (Å²) >= 11 is 5.92. The number of nitrogens with two attached hydrogens (primary N) is 1. The topological polar surface area (TPSA) is 69.1 Å². The molecule has 0 saturated heterocycles.